The van der Waals surface area contributed by atoms with Crippen LogP contribution in [-0.4, -0.2) is 43.7 Å². The second-order valence-electron chi connectivity index (χ2n) is 6.84. The molecular formula is C17H22N2O4S. The van der Waals surface area contributed by atoms with Gasteiger partial charge >= 0.3 is 0 Å². The summed E-state index contributed by atoms with van der Waals surface area (Å²) in [6.45, 7) is 1.34. The van der Waals surface area contributed by atoms with E-state index in [-0.39, 0.29) is 17.2 Å². The normalized spacial score (nSPS) is 24.2. The van der Waals surface area contributed by atoms with Gasteiger partial charge in [0.2, 0.25) is 10.0 Å². The predicted octanol–water partition coefficient (Wildman–Crippen LogP) is 2.37. The molecular weight excluding hydrogens is 328 g/mol. The van der Waals surface area contributed by atoms with Crippen molar-refractivity contribution in [2.45, 2.75) is 49.8 Å². The van der Waals surface area contributed by atoms with E-state index in [1.54, 1.807) is 18.2 Å². The third-order valence-electron chi connectivity index (χ3n) is 5.03. The smallest absolute Gasteiger partial charge is 0.257 e. The standard InChI is InChI=1S/C17H22N2O4S/c20-17-15-11-12(18-24(21,22)14-5-6-14)4-7-16(15)23-10-8-13-3-1-2-9-19(13)17/h4,7,11,13-14,18H,1-3,5-6,8-10H2. The van der Waals surface area contributed by atoms with Gasteiger partial charge in [-0.2, -0.15) is 0 Å². The fourth-order valence-electron chi connectivity index (χ4n) is 3.54. The molecule has 4 rings (SSSR count). The molecule has 2 aliphatic heterocycles. The summed E-state index contributed by atoms with van der Waals surface area (Å²) in [4.78, 5) is 14.9. The molecule has 1 aliphatic carbocycles. The Labute approximate surface area is 142 Å². The summed E-state index contributed by atoms with van der Waals surface area (Å²) in [7, 11) is -3.34. The Hall–Kier alpha value is -1.76. The minimum Gasteiger partial charge on any atom is -0.493 e. The fourth-order valence-corrected chi connectivity index (χ4v) is 4.92. The van der Waals surface area contributed by atoms with Gasteiger partial charge in [0.25, 0.3) is 5.91 Å². The van der Waals surface area contributed by atoms with Crippen molar-refractivity contribution in [2.24, 2.45) is 0 Å². The van der Waals surface area contributed by atoms with Crippen LogP contribution >= 0.6 is 0 Å². The first-order valence-corrected chi connectivity index (χ1v) is 10.2. The van der Waals surface area contributed by atoms with Crippen LogP contribution in [0.5, 0.6) is 5.75 Å². The number of anilines is 1. The maximum Gasteiger partial charge on any atom is 0.257 e. The van der Waals surface area contributed by atoms with Gasteiger partial charge in [0.15, 0.2) is 0 Å². The second kappa shape index (κ2) is 5.95. The van der Waals surface area contributed by atoms with Crippen LogP contribution in [0.3, 0.4) is 0 Å². The molecule has 130 valence electrons. The molecule has 2 heterocycles. The molecule has 24 heavy (non-hydrogen) atoms. The molecule has 0 aromatic heterocycles. The number of hydrogen-bond acceptors (Lipinski definition) is 4. The van der Waals surface area contributed by atoms with Crippen molar-refractivity contribution < 1.29 is 17.9 Å². The van der Waals surface area contributed by atoms with Gasteiger partial charge in [-0.05, 0) is 50.3 Å². The van der Waals surface area contributed by atoms with Crippen LogP contribution in [-0.2, 0) is 10.0 Å². The highest BCUT2D eigenvalue weighted by atomic mass is 32.2. The maximum atomic E-state index is 13.0. The number of benzene rings is 1. The SMILES string of the molecule is O=C1c2cc(NS(=O)(=O)C3CC3)ccc2OCCC2CCCCN12. The topological polar surface area (TPSA) is 75.7 Å². The van der Waals surface area contributed by atoms with Crippen LogP contribution in [0.15, 0.2) is 18.2 Å². The Kier molecular flexibility index (Phi) is 3.90. The molecule has 1 N–H and O–H groups in total. The molecule has 0 spiro atoms. The van der Waals surface area contributed by atoms with Crippen molar-refractivity contribution >= 4 is 21.6 Å². The first-order valence-electron chi connectivity index (χ1n) is 8.64. The van der Waals surface area contributed by atoms with Crippen LogP contribution in [0, 0.1) is 0 Å². The number of amides is 1. The number of nitrogens with zero attached hydrogens (tertiary/aromatic N) is 1. The van der Waals surface area contributed by atoms with Crippen molar-refractivity contribution in [3.8, 4) is 5.75 Å². The molecule has 6 nitrogen and oxygen atoms in total. The van der Waals surface area contributed by atoms with E-state index in [1.807, 2.05) is 4.90 Å². The Balaban J connectivity index is 1.65. The van der Waals surface area contributed by atoms with E-state index < -0.39 is 10.0 Å². The van der Waals surface area contributed by atoms with E-state index in [4.69, 9.17) is 4.74 Å². The van der Waals surface area contributed by atoms with Crippen molar-refractivity contribution in [3.63, 3.8) is 0 Å². The van der Waals surface area contributed by atoms with Crippen LogP contribution in [0.2, 0.25) is 0 Å². The first-order chi connectivity index (χ1) is 11.5. The van der Waals surface area contributed by atoms with E-state index in [2.05, 4.69) is 4.72 Å². The predicted molar refractivity (Wildman–Crippen MR) is 90.8 cm³/mol. The number of ether oxygens (including phenoxy) is 1. The third-order valence-corrected chi connectivity index (χ3v) is 6.90. The van der Waals surface area contributed by atoms with Crippen molar-refractivity contribution in [2.75, 3.05) is 17.9 Å². The largest absolute Gasteiger partial charge is 0.493 e. The third kappa shape index (κ3) is 2.97. The van der Waals surface area contributed by atoms with Crippen molar-refractivity contribution in [1.29, 1.82) is 0 Å². The molecule has 1 amide bonds. The molecule has 3 aliphatic rings. The van der Waals surface area contributed by atoms with Gasteiger partial charge < -0.3 is 9.64 Å². The minimum absolute atomic E-state index is 0.0538. The van der Waals surface area contributed by atoms with Gasteiger partial charge in [0, 0.05) is 24.7 Å². The van der Waals surface area contributed by atoms with Crippen molar-refractivity contribution in [1.82, 2.24) is 4.90 Å². The summed E-state index contributed by atoms with van der Waals surface area (Å²) in [5.41, 5.74) is 0.893. The zero-order valence-electron chi connectivity index (χ0n) is 13.5. The number of carbonyl (C=O) groups is 1. The Morgan fingerprint density at radius 3 is 2.75 bits per heavy atom. The van der Waals surface area contributed by atoms with Gasteiger partial charge in [0.1, 0.15) is 5.75 Å². The Bertz CT molecular complexity index is 758. The summed E-state index contributed by atoms with van der Waals surface area (Å²) in [6, 6.07) is 5.21. The molecule has 0 bridgehead atoms. The lowest BCUT2D eigenvalue weighted by atomic mass is 9.97. The van der Waals surface area contributed by atoms with E-state index in [0.29, 0.717) is 36.4 Å². The number of sulfonamides is 1. The quantitative estimate of drug-likeness (QED) is 0.908. The molecule has 1 saturated carbocycles. The van der Waals surface area contributed by atoms with Crippen LogP contribution in [0.1, 0.15) is 48.9 Å². The molecule has 1 atom stereocenters. The van der Waals surface area contributed by atoms with Gasteiger partial charge in [0.05, 0.1) is 17.4 Å². The molecule has 2 fully saturated rings. The number of fused-ring (bicyclic) bond motifs is 2. The lowest BCUT2D eigenvalue weighted by molar-refractivity contribution is 0.0549. The second-order valence-corrected chi connectivity index (χ2v) is 8.80. The van der Waals surface area contributed by atoms with Crippen molar-refractivity contribution in [3.05, 3.63) is 23.8 Å². The Morgan fingerprint density at radius 1 is 1.12 bits per heavy atom. The minimum atomic E-state index is -3.34. The lowest BCUT2D eigenvalue weighted by Gasteiger charge is -2.37. The number of carbonyl (C=O) groups excluding carboxylic acids is 1. The van der Waals surface area contributed by atoms with E-state index in [0.717, 1.165) is 32.2 Å². The average molecular weight is 350 g/mol. The van der Waals surface area contributed by atoms with E-state index >= 15 is 0 Å². The fraction of sp³-hybridized carbons (Fsp3) is 0.588. The van der Waals surface area contributed by atoms with Crippen LogP contribution in [0.4, 0.5) is 5.69 Å². The number of piperidine rings is 1. The lowest BCUT2D eigenvalue weighted by Crippen LogP contribution is -2.45. The van der Waals surface area contributed by atoms with E-state index in [1.165, 1.54) is 0 Å². The van der Waals surface area contributed by atoms with Gasteiger partial charge in [-0.25, -0.2) is 8.42 Å². The summed E-state index contributed by atoms with van der Waals surface area (Å²) in [5.74, 6) is 0.486. The van der Waals surface area contributed by atoms with Crippen LogP contribution < -0.4 is 9.46 Å². The number of hydrogen-bond donors (Lipinski definition) is 1. The Morgan fingerprint density at radius 2 is 1.96 bits per heavy atom. The highest BCUT2D eigenvalue weighted by Gasteiger charge is 2.36. The zero-order valence-corrected chi connectivity index (χ0v) is 14.3. The van der Waals surface area contributed by atoms with Gasteiger partial charge in [-0.3, -0.25) is 9.52 Å². The molecule has 7 heteroatoms. The summed E-state index contributed by atoms with van der Waals surface area (Å²) >= 11 is 0. The van der Waals surface area contributed by atoms with Gasteiger partial charge in [-0.15, -0.1) is 0 Å². The maximum absolute atomic E-state index is 13.0. The summed E-state index contributed by atoms with van der Waals surface area (Å²) in [6.07, 6.45) is 5.43. The molecule has 1 unspecified atom stereocenters. The number of nitrogens with one attached hydrogen (secondary N) is 1. The highest BCUT2D eigenvalue weighted by Crippen LogP contribution is 2.33. The van der Waals surface area contributed by atoms with E-state index in [9.17, 15) is 13.2 Å². The molecule has 1 aromatic rings. The number of rotatable bonds is 3. The summed E-state index contributed by atoms with van der Waals surface area (Å²) < 4.78 is 32.6. The average Bonchev–Trinajstić information content (AvgIpc) is 3.40. The van der Waals surface area contributed by atoms with Gasteiger partial charge in [-0.1, -0.05) is 0 Å². The monoisotopic (exact) mass is 350 g/mol. The first kappa shape index (κ1) is 15.7. The molecule has 0 radical (unpaired) electrons. The molecule has 1 aromatic carbocycles. The highest BCUT2D eigenvalue weighted by molar-refractivity contribution is 7.93. The zero-order chi connectivity index (χ0) is 16.7. The van der Waals surface area contributed by atoms with Crippen LogP contribution in [0.25, 0.3) is 0 Å². The summed E-state index contributed by atoms with van der Waals surface area (Å²) in [5, 5.41) is -0.294. The molecule has 1 saturated heterocycles.